The number of unbranched alkanes of at least 4 members (excludes halogenated alkanes) is 1. The summed E-state index contributed by atoms with van der Waals surface area (Å²) in [5, 5.41) is 7.76. The van der Waals surface area contributed by atoms with Gasteiger partial charge in [-0.3, -0.25) is 0 Å². The number of ether oxygens (including phenoxy) is 2. The molecule has 0 aliphatic carbocycles. The van der Waals surface area contributed by atoms with E-state index in [4.69, 9.17) is 21.1 Å². The Hall–Kier alpha value is -1.14. The van der Waals surface area contributed by atoms with Gasteiger partial charge in [-0.25, -0.2) is 9.48 Å². The molecule has 1 aromatic heterocycles. The molecule has 0 N–H and O–H groups in total. The van der Waals surface area contributed by atoms with Crippen LogP contribution >= 0.6 is 11.6 Å². The number of carbonyl (C=O) groups is 1. The first-order valence-corrected chi connectivity index (χ1v) is 6.42. The molecule has 0 saturated carbocycles. The van der Waals surface area contributed by atoms with Gasteiger partial charge in [0.25, 0.3) is 0 Å². The molecular formula is C11H18ClN3O3. The molecule has 0 spiro atoms. The number of hydrogen-bond acceptors (Lipinski definition) is 5. The lowest BCUT2D eigenvalue weighted by Crippen LogP contribution is -2.10. The summed E-state index contributed by atoms with van der Waals surface area (Å²) in [5.74, 6) is -0.290. The Kier molecular flexibility index (Phi) is 6.67. The monoisotopic (exact) mass is 275 g/mol. The fraction of sp³-hybridized carbons (Fsp3) is 0.727. The second-order valence-corrected chi connectivity index (χ2v) is 3.93. The highest BCUT2D eigenvalue weighted by Gasteiger charge is 2.19. The summed E-state index contributed by atoms with van der Waals surface area (Å²) < 4.78 is 11.5. The zero-order valence-corrected chi connectivity index (χ0v) is 11.4. The Bertz CT molecular complexity index is 382. The standard InChI is InChI=1S/C11H18ClN3O3/c1-3-18-11(16)10-9(8-12)15(14-13-10)6-4-5-7-17-2/h3-8H2,1-2H3. The summed E-state index contributed by atoms with van der Waals surface area (Å²) in [5.41, 5.74) is 0.811. The van der Waals surface area contributed by atoms with Crippen molar-refractivity contribution in [1.82, 2.24) is 15.0 Å². The molecule has 102 valence electrons. The molecule has 0 fully saturated rings. The Morgan fingerprint density at radius 3 is 2.83 bits per heavy atom. The van der Waals surface area contributed by atoms with Crippen molar-refractivity contribution in [3.05, 3.63) is 11.4 Å². The first kappa shape index (κ1) is 14.9. The van der Waals surface area contributed by atoms with Gasteiger partial charge in [-0.05, 0) is 19.8 Å². The molecule has 0 aromatic carbocycles. The van der Waals surface area contributed by atoms with Gasteiger partial charge in [0.2, 0.25) is 0 Å². The zero-order chi connectivity index (χ0) is 13.4. The minimum atomic E-state index is -0.476. The van der Waals surface area contributed by atoms with E-state index >= 15 is 0 Å². The second-order valence-electron chi connectivity index (χ2n) is 3.66. The number of methoxy groups -OCH3 is 1. The summed E-state index contributed by atoms with van der Waals surface area (Å²) in [7, 11) is 1.67. The van der Waals surface area contributed by atoms with Crippen molar-refractivity contribution in [2.45, 2.75) is 32.2 Å². The smallest absolute Gasteiger partial charge is 0.360 e. The van der Waals surface area contributed by atoms with Gasteiger partial charge >= 0.3 is 5.97 Å². The topological polar surface area (TPSA) is 66.2 Å². The Morgan fingerprint density at radius 2 is 2.22 bits per heavy atom. The molecule has 0 saturated heterocycles. The molecule has 18 heavy (non-hydrogen) atoms. The van der Waals surface area contributed by atoms with Crippen LogP contribution in [0.25, 0.3) is 0 Å². The highest BCUT2D eigenvalue weighted by molar-refractivity contribution is 6.17. The summed E-state index contributed by atoms with van der Waals surface area (Å²) in [6.45, 7) is 3.42. The number of aromatic nitrogens is 3. The third-order valence-corrected chi connectivity index (χ3v) is 2.65. The Morgan fingerprint density at radius 1 is 1.44 bits per heavy atom. The molecule has 1 rings (SSSR count). The van der Waals surface area contributed by atoms with E-state index in [1.807, 2.05) is 0 Å². The molecule has 0 bridgehead atoms. The normalized spacial score (nSPS) is 10.6. The minimum absolute atomic E-state index is 0.186. The number of rotatable bonds is 8. The first-order valence-electron chi connectivity index (χ1n) is 5.89. The van der Waals surface area contributed by atoms with Crippen LogP contribution in [0.3, 0.4) is 0 Å². The number of alkyl halides is 1. The molecule has 0 amide bonds. The van der Waals surface area contributed by atoms with E-state index in [0.29, 0.717) is 25.5 Å². The van der Waals surface area contributed by atoms with Crippen molar-refractivity contribution in [1.29, 1.82) is 0 Å². The predicted molar refractivity (Wildman–Crippen MR) is 66.6 cm³/mol. The summed E-state index contributed by atoms with van der Waals surface area (Å²) in [4.78, 5) is 11.6. The molecular weight excluding hydrogens is 258 g/mol. The Balaban J connectivity index is 2.66. The number of halogens is 1. The van der Waals surface area contributed by atoms with Gasteiger partial charge < -0.3 is 9.47 Å². The average Bonchev–Trinajstić information content (AvgIpc) is 2.78. The molecule has 0 aliphatic rings. The third-order valence-electron chi connectivity index (χ3n) is 2.40. The zero-order valence-electron chi connectivity index (χ0n) is 10.7. The first-order chi connectivity index (χ1) is 8.74. The van der Waals surface area contributed by atoms with E-state index in [2.05, 4.69) is 10.3 Å². The lowest BCUT2D eigenvalue weighted by Gasteiger charge is -2.05. The SMILES string of the molecule is CCOC(=O)c1nnn(CCCCOC)c1CCl. The fourth-order valence-electron chi connectivity index (χ4n) is 1.51. The van der Waals surface area contributed by atoms with Crippen LogP contribution in [0.5, 0.6) is 0 Å². The van der Waals surface area contributed by atoms with E-state index in [-0.39, 0.29) is 11.6 Å². The van der Waals surface area contributed by atoms with E-state index in [1.54, 1.807) is 18.7 Å². The van der Waals surface area contributed by atoms with Gasteiger partial charge in [-0.2, -0.15) is 0 Å². The van der Waals surface area contributed by atoms with Crippen molar-refractivity contribution in [2.24, 2.45) is 0 Å². The number of hydrogen-bond donors (Lipinski definition) is 0. The van der Waals surface area contributed by atoms with Crippen LogP contribution in [0, 0.1) is 0 Å². The predicted octanol–water partition coefficient (Wildman–Crippen LogP) is 1.62. The van der Waals surface area contributed by atoms with Crippen LogP contribution in [-0.2, 0) is 21.9 Å². The Labute approximate surface area is 111 Å². The molecule has 0 aliphatic heterocycles. The quantitative estimate of drug-likeness (QED) is 0.410. The molecule has 0 unspecified atom stereocenters. The van der Waals surface area contributed by atoms with Crippen molar-refractivity contribution < 1.29 is 14.3 Å². The van der Waals surface area contributed by atoms with Crippen LogP contribution in [0.4, 0.5) is 0 Å². The van der Waals surface area contributed by atoms with Gasteiger partial charge in [0, 0.05) is 20.3 Å². The van der Waals surface area contributed by atoms with Crippen LogP contribution in [0.1, 0.15) is 35.9 Å². The van der Waals surface area contributed by atoms with Crippen LogP contribution < -0.4 is 0 Å². The number of aryl methyl sites for hydroxylation is 1. The third kappa shape index (κ3) is 3.96. The molecule has 6 nitrogen and oxygen atoms in total. The largest absolute Gasteiger partial charge is 0.461 e. The second kappa shape index (κ2) is 8.05. The van der Waals surface area contributed by atoms with Gasteiger partial charge in [0.05, 0.1) is 18.2 Å². The molecule has 7 heteroatoms. The maximum atomic E-state index is 11.6. The van der Waals surface area contributed by atoms with E-state index in [1.165, 1.54) is 0 Å². The van der Waals surface area contributed by atoms with E-state index in [9.17, 15) is 4.79 Å². The summed E-state index contributed by atoms with van der Waals surface area (Å²) in [6, 6.07) is 0. The van der Waals surface area contributed by atoms with Gasteiger partial charge in [-0.1, -0.05) is 5.21 Å². The van der Waals surface area contributed by atoms with E-state index < -0.39 is 5.97 Å². The number of esters is 1. The minimum Gasteiger partial charge on any atom is -0.461 e. The summed E-state index contributed by atoms with van der Waals surface area (Å²) >= 11 is 5.83. The van der Waals surface area contributed by atoms with Crippen molar-refractivity contribution in [3.8, 4) is 0 Å². The van der Waals surface area contributed by atoms with Gasteiger partial charge in [0.15, 0.2) is 5.69 Å². The van der Waals surface area contributed by atoms with Gasteiger partial charge in [-0.15, -0.1) is 16.7 Å². The van der Waals surface area contributed by atoms with Crippen molar-refractivity contribution in [3.63, 3.8) is 0 Å². The van der Waals surface area contributed by atoms with Crippen molar-refractivity contribution in [2.75, 3.05) is 20.3 Å². The van der Waals surface area contributed by atoms with Crippen LogP contribution in [-0.4, -0.2) is 41.3 Å². The van der Waals surface area contributed by atoms with Crippen molar-refractivity contribution >= 4 is 17.6 Å². The molecule has 0 atom stereocenters. The maximum Gasteiger partial charge on any atom is 0.360 e. The van der Waals surface area contributed by atoms with Crippen LogP contribution in [0.2, 0.25) is 0 Å². The summed E-state index contributed by atoms with van der Waals surface area (Å²) in [6.07, 6.45) is 1.82. The fourth-order valence-corrected chi connectivity index (χ4v) is 1.78. The van der Waals surface area contributed by atoms with Crippen LogP contribution in [0.15, 0.2) is 0 Å². The number of nitrogens with zero attached hydrogens (tertiary/aromatic N) is 3. The maximum absolute atomic E-state index is 11.6. The molecule has 1 heterocycles. The van der Waals surface area contributed by atoms with E-state index in [0.717, 1.165) is 12.8 Å². The van der Waals surface area contributed by atoms with Gasteiger partial charge in [0.1, 0.15) is 0 Å². The highest BCUT2D eigenvalue weighted by atomic mass is 35.5. The number of carbonyl (C=O) groups excluding carboxylic acids is 1. The lowest BCUT2D eigenvalue weighted by molar-refractivity contribution is 0.0518. The average molecular weight is 276 g/mol. The highest BCUT2D eigenvalue weighted by Crippen LogP contribution is 2.11. The molecule has 1 aromatic rings. The lowest BCUT2D eigenvalue weighted by atomic mass is 10.3. The molecule has 0 radical (unpaired) electrons.